The van der Waals surface area contributed by atoms with E-state index in [1.807, 2.05) is 13.8 Å². The van der Waals surface area contributed by atoms with Gasteiger partial charge >= 0.3 is 0 Å². The first-order valence-corrected chi connectivity index (χ1v) is 5.84. The summed E-state index contributed by atoms with van der Waals surface area (Å²) in [6.45, 7) is 11.4. The van der Waals surface area contributed by atoms with Gasteiger partial charge in [-0.1, -0.05) is 34.6 Å². The molecule has 90 valence electrons. The first-order valence-electron chi connectivity index (χ1n) is 5.84. The van der Waals surface area contributed by atoms with Gasteiger partial charge in [-0.2, -0.15) is 0 Å². The van der Waals surface area contributed by atoms with E-state index >= 15 is 0 Å². The molecule has 1 fully saturated rings. The molecule has 3 heteroatoms. The summed E-state index contributed by atoms with van der Waals surface area (Å²) < 4.78 is 0. The number of hydrogen-bond acceptors (Lipinski definition) is 2. The first-order chi connectivity index (χ1) is 6.88. The topological polar surface area (TPSA) is 40.5 Å². The highest BCUT2D eigenvalue weighted by Gasteiger charge is 2.27. The van der Waals surface area contributed by atoms with Crippen molar-refractivity contribution in [1.82, 2.24) is 4.90 Å². The molecule has 15 heavy (non-hydrogen) atoms. The average Bonchev–Trinajstić information content (AvgIpc) is 2.52. The Morgan fingerprint density at radius 2 is 1.93 bits per heavy atom. The molecule has 0 saturated carbocycles. The normalized spacial score (nSPS) is 20.9. The van der Waals surface area contributed by atoms with Crippen LogP contribution in [0.3, 0.4) is 0 Å². The third-order valence-corrected chi connectivity index (χ3v) is 2.20. The van der Waals surface area contributed by atoms with Crippen LogP contribution in [0, 0.1) is 5.41 Å². The summed E-state index contributed by atoms with van der Waals surface area (Å²) in [4.78, 5) is 13.4. The number of amides is 1. The average molecular weight is 215 g/mol. The van der Waals surface area contributed by atoms with E-state index in [-0.39, 0.29) is 17.4 Å². The minimum atomic E-state index is -0.302. The van der Waals surface area contributed by atoms with E-state index in [0.717, 1.165) is 13.0 Å². The van der Waals surface area contributed by atoms with E-state index in [2.05, 4.69) is 20.8 Å². The van der Waals surface area contributed by atoms with E-state index in [0.29, 0.717) is 13.0 Å². The molecule has 1 amide bonds. The Bertz CT molecular complexity index is 196. The third kappa shape index (κ3) is 5.78. The number of hydrogen-bond donors (Lipinski definition) is 1. The van der Waals surface area contributed by atoms with E-state index in [4.69, 9.17) is 0 Å². The fourth-order valence-corrected chi connectivity index (χ4v) is 1.53. The van der Waals surface area contributed by atoms with Gasteiger partial charge in [-0.3, -0.25) is 4.79 Å². The summed E-state index contributed by atoms with van der Waals surface area (Å²) in [7, 11) is 0. The van der Waals surface area contributed by atoms with Gasteiger partial charge in [-0.15, -0.1) is 0 Å². The molecule has 1 N–H and O–H groups in total. The van der Waals surface area contributed by atoms with Crippen molar-refractivity contribution >= 4 is 5.91 Å². The zero-order chi connectivity index (χ0) is 12.1. The predicted molar refractivity (Wildman–Crippen MR) is 62.6 cm³/mol. The van der Waals surface area contributed by atoms with E-state index < -0.39 is 0 Å². The maximum atomic E-state index is 11.6. The fourth-order valence-electron chi connectivity index (χ4n) is 1.53. The van der Waals surface area contributed by atoms with Gasteiger partial charge in [0.1, 0.15) is 0 Å². The molecule has 0 spiro atoms. The van der Waals surface area contributed by atoms with Crippen LogP contribution < -0.4 is 0 Å². The largest absolute Gasteiger partial charge is 0.391 e. The Morgan fingerprint density at radius 3 is 2.27 bits per heavy atom. The van der Waals surface area contributed by atoms with E-state index in [9.17, 15) is 9.90 Å². The van der Waals surface area contributed by atoms with Crippen molar-refractivity contribution in [2.24, 2.45) is 5.41 Å². The first kappa shape index (κ1) is 14.4. The second-order valence-electron chi connectivity index (χ2n) is 5.02. The van der Waals surface area contributed by atoms with Crippen molar-refractivity contribution in [3.63, 3.8) is 0 Å². The molecule has 0 bridgehead atoms. The lowest BCUT2D eigenvalue weighted by atomic mass is 9.92. The molecule has 0 aliphatic carbocycles. The van der Waals surface area contributed by atoms with Crippen molar-refractivity contribution in [1.29, 1.82) is 0 Å². The number of aliphatic hydroxyl groups is 1. The number of nitrogens with zero attached hydrogens (tertiary/aromatic N) is 1. The van der Waals surface area contributed by atoms with E-state index in [1.54, 1.807) is 4.90 Å². The highest BCUT2D eigenvalue weighted by atomic mass is 16.3. The molecular formula is C12H25NO2. The Labute approximate surface area is 93.5 Å². The molecule has 0 unspecified atom stereocenters. The number of β-amino-alcohol motifs (C(OH)–C–C–N with tert-alkyl or cyclic N) is 1. The maximum Gasteiger partial charge on any atom is 0.223 e. The minimum absolute atomic E-state index is 0.0463. The molecule has 1 saturated heterocycles. The van der Waals surface area contributed by atoms with Crippen LogP contribution in [0.4, 0.5) is 0 Å². The minimum Gasteiger partial charge on any atom is -0.391 e. The Kier molecular flexibility index (Phi) is 5.88. The van der Waals surface area contributed by atoms with Crippen molar-refractivity contribution in [2.45, 2.75) is 53.6 Å². The monoisotopic (exact) mass is 215 g/mol. The third-order valence-electron chi connectivity index (χ3n) is 2.20. The smallest absolute Gasteiger partial charge is 0.223 e. The molecule has 1 aliphatic heterocycles. The quantitative estimate of drug-likeness (QED) is 0.727. The molecule has 0 aromatic rings. The summed E-state index contributed by atoms with van der Waals surface area (Å²) >= 11 is 0. The van der Waals surface area contributed by atoms with Crippen LogP contribution in [0.2, 0.25) is 0 Å². The zero-order valence-electron chi connectivity index (χ0n) is 10.7. The number of carbonyl (C=O) groups is 1. The van der Waals surface area contributed by atoms with Crippen molar-refractivity contribution < 1.29 is 9.90 Å². The lowest BCUT2D eigenvalue weighted by Gasteiger charge is -2.22. The summed E-state index contributed by atoms with van der Waals surface area (Å²) in [5.74, 6) is 0.170. The Hall–Kier alpha value is -0.570. The number of likely N-dealkylation sites (tertiary alicyclic amines) is 1. The Morgan fingerprint density at radius 1 is 1.40 bits per heavy atom. The number of aliphatic hydroxyl groups excluding tert-OH is 1. The standard InChI is InChI=1S/C10H19NO2.C2H6/c1-10(2,3)6-9(13)11-5-4-8(12)7-11;1-2/h8,12H,4-7H2,1-3H3;1-2H3/t8-;/m1./s1. The summed E-state index contributed by atoms with van der Waals surface area (Å²) in [5.41, 5.74) is 0.0463. The highest BCUT2D eigenvalue weighted by Crippen LogP contribution is 2.21. The SMILES string of the molecule is CC.CC(C)(C)CC(=O)N1CC[C@@H](O)C1. The molecule has 3 nitrogen and oxygen atoms in total. The maximum absolute atomic E-state index is 11.6. The predicted octanol–water partition coefficient (Wildman–Crippen LogP) is 2.04. The van der Waals surface area contributed by atoms with Crippen LogP contribution in [0.5, 0.6) is 0 Å². The van der Waals surface area contributed by atoms with Gasteiger partial charge in [-0.25, -0.2) is 0 Å². The second kappa shape index (κ2) is 6.11. The lowest BCUT2D eigenvalue weighted by Crippen LogP contribution is -2.32. The summed E-state index contributed by atoms with van der Waals surface area (Å²) in [6, 6.07) is 0. The molecule has 0 radical (unpaired) electrons. The number of rotatable bonds is 1. The Balaban J connectivity index is 0.000000921. The van der Waals surface area contributed by atoms with Crippen molar-refractivity contribution in [2.75, 3.05) is 13.1 Å². The number of carbonyl (C=O) groups excluding carboxylic acids is 1. The van der Waals surface area contributed by atoms with Gasteiger partial charge < -0.3 is 10.0 Å². The van der Waals surface area contributed by atoms with Crippen LogP contribution in [-0.2, 0) is 4.79 Å². The van der Waals surface area contributed by atoms with Gasteiger partial charge in [0.15, 0.2) is 0 Å². The molecule has 1 rings (SSSR count). The lowest BCUT2D eigenvalue weighted by molar-refractivity contribution is -0.132. The van der Waals surface area contributed by atoms with Gasteiger partial charge in [0, 0.05) is 19.5 Å². The van der Waals surface area contributed by atoms with Crippen molar-refractivity contribution in [3.8, 4) is 0 Å². The molecule has 1 atom stereocenters. The van der Waals surface area contributed by atoms with E-state index in [1.165, 1.54) is 0 Å². The van der Waals surface area contributed by atoms with Gasteiger partial charge in [0.25, 0.3) is 0 Å². The molecule has 0 aromatic carbocycles. The van der Waals surface area contributed by atoms with Crippen LogP contribution >= 0.6 is 0 Å². The van der Waals surface area contributed by atoms with Gasteiger partial charge in [0.05, 0.1) is 6.10 Å². The van der Waals surface area contributed by atoms with Crippen LogP contribution in [0.1, 0.15) is 47.5 Å². The van der Waals surface area contributed by atoms with Crippen LogP contribution in [-0.4, -0.2) is 35.1 Å². The zero-order valence-corrected chi connectivity index (χ0v) is 10.7. The van der Waals surface area contributed by atoms with Gasteiger partial charge in [0.2, 0.25) is 5.91 Å². The summed E-state index contributed by atoms with van der Waals surface area (Å²) in [5, 5.41) is 9.25. The van der Waals surface area contributed by atoms with Crippen molar-refractivity contribution in [3.05, 3.63) is 0 Å². The second-order valence-corrected chi connectivity index (χ2v) is 5.02. The molecule has 0 aromatic heterocycles. The summed E-state index contributed by atoms with van der Waals surface area (Å²) in [6.07, 6.45) is 0.999. The van der Waals surface area contributed by atoms with Crippen LogP contribution in [0.25, 0.3) is 0 Å². The molecule has 1 aliphatic rings. The fraction of sp³-hybridized carbons (Fsp3) is 0.917. The van der Waals surface area contributed by atoms with Gasteiger partial charge in [-0.05, 0) is 11.8 Å². The molecular weight excluding hydrogens is 190 g/mol. The van der Waals surface area contributed by atoms with Crippen LogP contribution in [0.15, 0.2) is 0 Å². The highest BCUT2D eigenvalue weighted by molar-refractivity contribution is 5.77. The molecule has 1 heterocycles.